The molecule has 0 heterocycles. The number of carbonyl (C=O) groups is 1. The fourth-order valence-corrected chi connectivity index (χ4v) is 1.36. The number of urea groups is 1. The Hall–Kier alpha value is -2.49. The third-order valence-electron chi connectivity index (χ3n) is 2.11. The molecule has 4 heteroatoms. The van der Waals surface area contributed by atoms with Gasteiger partial charge in [-0.2, -0.15) is 0 Å². The monoisotopic (exact) mass is 243 g/mol. The van der Waals surface area contributed by atoms with Crippen molar-refractivity contribution in [3.05, 3.63) is 66.2 Å². The van der Waals surface area contributed by atoms with Crippen LogP contribution in [0.15, 0.2) is 60.7 Å². The van der Waals surface area contributed by atoms with Gasteiger partial charge < -0.3 is 16.8 Å². The second kappa shape index (κ2) is 7.73. The van der Waals surface area contributed by atoms with Gasteiger partial charge in [-0.15, -0.1) is 0 Å². The van der Waals surface area contributed by atoms with E-state index in [9.17, 15) is 0 Å². The Balaban J connectivity index is 0.000000357. The quantitative estimate of drug-likeness (QED) is 0.773. The van der Waals surface area contributed by atoms with E-state index < -0.39 is 6.03 Å². The van der Waals surface area contributed by atoms with Crippen molar-refractivity contribution in [3.8, 4) is 0 Å². The Bertz CT molecular complexity index is 413. The van der Waals surface area contributed by atoms with Crippen LogP contribution in [0.5, 0.6) is 0 Å². The molecule has 2 rings (SSSR count). The number of hydrogen-bond acceptors (Lipinski definition) is 2. The fraction of sp³-hybridized carbons (Fsp3) is 0.0714. The van der Waals surface area contributed by atoms with Crippen LogP contribution in [-0.4, -0.2) is 6.03 Å². The molecule has 0 unspecified atom stereocenters. The molecule has 0 spiro atoms. The number of primary amides is 2. The molecular weight excluding hydrogens is 226 g/mol. The summed E-state index contributed by atoms with van der Waals surface area (Å²) in [5.74, 6) is 0. The van der Waals surface area contributed by atoms with Gasteiger partial charge in [-0.3, -0.25) is 0 Å². The maximum atomic E-state index is 9.00. The Kier molecular flexibility index (Phi) is 5.83. The van der Waals surface area contributed by atoms with Crippen molar-refractivity contribution in [1.82, 2.24) is 0 Å². The Morgan fingerprint density at radius 2 is 1.33 bits per heavy atom. The number of rotatable bonds is 3. The zero-order valence-corrected chi connectivity index (χ0v) is 10.0. The molecule has 4 nitrogen and oxygen atoms in total. The van der Waals surface area contributed by atoms with Crippen LogP contribution in [0, 0.1) is 0 Å². The van der Waals surface area contributed by atoms with Crippen LogP contribution in [0.1, 0.15) is 5.56 Å². The summed E-state index contributed by atoms with van der Waals surface area (Å²) in [6, 6.07) is 19.8. The van der Waals surface area contributed by atoms with Crippen molar-refractivity contribution in [2.75, 3.05) is 5.32 Å². The van der Waals surface area contributed by atoms with Crippen LogP contribution in [0.3, 0.4) is 0 Å². The van der Waals surface area contributed by atoms with Crippen molar-refractivity contribution in [2.24, 2.45) is 11.5 Å². The van der Waals surface area contributed by atoms with E-state index >= 15 is 0 Å². The van der Waals surface area contributed by atoms with E-state index in [2.05, 4.69) is 53.2 Å². The van der Waals surface area contributed by atoms with E-state index in [0.717, 1.165) is 12.2 Å². The molecule has 2 aromatic rings. The minimum atomic E-state index is -0.833. The summed E-state index contributed by atoms with van der Waals surface area (Å²) in [6.45, 7) is 0.880. The molecule has 94 valence electrons. The Labute approximate surface area is 107 Å². The average Bonchev–Trinajstić information content (AvgIpc) is 2.38. The van der Waals surface area contributed by atoms with Gasteiger partial charge in [0.15, 0.2) is 0 Å². The first kappa shape index (κ1) is 13.6. The lowest BCUT2D eigenvalue weighted by Gasteiger charge is -2.05. The third-order valence-corrected chi connectivity index (χ3v) is 2.11. The number of benzene rings is 2. The van der Waals surface area contributed by atoms with Gasteiger partial charge in [-0.05, 0) is 17.7 Å². The number of hydrogen-bond donors (Lipinski definition) is 3. The van der Waals surface area contributed by atoms with Crippen LogP contribution in [-0.2, 0) is 6.54 Å². The third kappa shape index (κ3) is 6.17. The molecule has 0 aliphatic rings. The molecule has 2 aromatic carbocycles. The number of anilines is 1. The lowest BCUT2D eigenvalue weighted by molar-refractivity contribution is 0.256. The molecule has 5 N–H and O–H groups in total. The standard InChI is InChI=1S/C13H13N.CH4N2O/c1-3-7-12(8-4-1)11-14-13-9-5-2-6-10-13;2-1(3)4/h1-10,14H,11H2;(H4,2,3,4). The zero-order valence-electron chi connectivity index (χ0n) is 10.0. The van der Waals surface area contributed by atoms with Gasteiger partial charge in [0.05, 0.1) is 0 Å². The van der Waals surface area contributed by atoms with Crippen LogP contribution < -0.4 is 16.8 Å². The van der Waals surface area contributed by atoms with Crippen molar-refractivity contribution in [3.63, 3.8) is 0 Å². The van der Waals surface area contributed by atoms with E-state index in [1.165, 1.54) is 5.56 Å². The maximum absolute atomic E-state index is 9.00. The molecular formula is C14H17N3O. The highest BCUT2D eigenvalue weighted by molar-refractivity contribution is 5.69. The van der Waals surface area contributed by atoms with Crippen molar-refractivity contribution >= 4 is 11.7 Å². The molecule has 0 radical (unpaired) electrons. The highest BCUT2D eigenvalue weighted by Gasteiger charge is 1.90. The van der Waals surface area contributed by atoms with E-state index in [1.54, 1.807) is 0 Å². The molecule has 18 heavy (non-hydrogen) atoms. The molecule has 0 saturated carbocycles. The van der Waals surface area contributed by atoms with Gasteiger partial charge in [-0.25, -0.2) is 4.79 Å². The molecule has 0 aliphatic carbocycles. The molecule has 0 fully saturated rings. The van der Waals surface area contributed by atoms with Crippen LogP contribution in [0.25, 0.3) is 0 Å². The first-order valence-electron chi connectivity index (χ1n) is 5.56. The molecule has 0 aliphatic heterocycles. The highest BCUT2D eigenvalue weighted by atomic mass is 16.2. The summed E-state index contributed by atoms with van der Waals surface area (Å²) in [5, 5.41) is 3.36. The van der Waals surface area contributed by atoms with Gasteiger partial charge >= 0.3 is 6.03 Å². The second-order valence-electron chi connectivity index (χ2n) is 3.61. The van der Waals surface area contributed by atoms with E-state index in [4.69, 9.17) is 4.79 Å². The first-order chi connectivity index (χ1) is 8.68. The van der Waals surface area contributed by atoms with Crippen LogP contribution in [0.2, 0.25) is 0 Å². The topological polar surface area (TPSA) is 81.1 Å². The van der Waals surface area contributed by atoms with E-state index in [-0.39, 0.29) is 0 Å². The molecule has 0 aromatic heterocycles. The normalized spacial score (nSPS) is 8.89. The minimum absolute atomic E-state index is 0.833. The second-order valence-corrected chi connectivity index (χ2v) is 3.61. The van der Waals surface area contributed by atoms with Gasteiger partial charge in [0.1, 0.15) is 0 Å². The summed E-state index contributed by atoms with van der Waals surface area (Å²) < 4.78 is 0. The van der Waals surface area contributed by atoms with Crippen LogP contribution >= 0.6 is 0 Å². The summed E-state index contributed by atoms with van der Waals surface area (Å²) >= 11 is 0. The molecule has 0 saturated heterocycles. The number of carbonyl (C=O) groups excluding carboxylic acids is 1. The minimum Gasteiger partial charge on any atom is -0.381 e. The predicted octanol–water partition coefficient (Wildman–Crippen LogP) is 2.32. The first-order valence-corrected chi connectivity index (χ1v) is 5.56. The fourth-order valence-electron chi connectivity index (χ4n) is 1.36. The summed E-state index contributed by atoms with van der Waals surface area (Å²) in [6.07, 6.45) is 0. The van der Waals surface area contributed by atoms with E-state index in [0.29, 0.717) is 0 Å². The van der Waals surface area contributed by atoms with E-state index in [1.807, 2.05) is 24.3 Å². The Morgan fingerprint density at radius 1 is 0.889 bits per heavy atom. The Morgan fingerprint density at radius 3 is 1.83 bits per heavy atom. The smallest absolute Gasteiger partial charge is 0.309 e. The molecule has 0 atom stereocenters. The lowest BCUT2D eigenvalue weighted by atomic mass is 10.2. The van der Waals surface area contributed by atoms with Gasteiger partial charge in [0.2, 0.25) is 0 Å². The lowest BCUT2D eigenvalue weighted by Crippen LogP contribution is -2.18. The van der Waals surface area contributed by atoms with Gasteiger partial charge in [0.25, 0.3) is 0 Å². The summed E-state index contributed by atoms with van der Waals surface area (Å²) in [4.78, 5) is 9.00. The number of nitrogens with two attached hydrogens (primary N) is 2. The zero-order chi connectivity index (χ0) is 13.2. The highest BCUT2D eigenvalue weighted by Crippen LogP contribution is 2.07. The molecule has 0 bridgehead atoms. The van der Waals surface area contributed by atoms with Crippen molar-refractivity contribution < 1.29 is 4.79 Å². The molecule has 2 amide bonds. The summed E-state index contributed by atoms with van der Waals surface area (Å²) in [7, 11) is 0. The maximum Gasteiger partial charge on any atom is 0.309 e. The van der Waals surface area contributed by atoms with Gasteiger partial charge in [0, 0.05) is 12.2 Å². The number of para-hydroxylation sites is 1. The van der Waals surface area contributed by atoms with Gasteiger partial charge in [-0.1, -0.05) is 48.5 Å². The number of amides is 2. The average molecular weight is 243 g/mol. The van der Waals surface area contributed by atoms with Crippen molar-refractivity contribution in [1.29, 1.82) is 0 Å². The number of nitrogens with one attached hydrogen (secondary N) is 1. The van der Waals surface area contributed by atoms with Crippen molar-refractivity contribution in [2.45, 2.75) is 6.54 Å². The SMILES string of the molecule is NC(N)=O.c1ccc(CNc2ccccc2)cc1. The van der Waals surface area contributed by atoms with Crippen LogP contribution in [0.4, 0.5) is 10.5 Å². The largest absolute Gasteiger partial charge is 0.381 e. The predicted molar refractivity (Wildman–Crippen MR) is 74.0 cm³/mol. The summed E-state index contributed by atoms with van der Waals surface area (Å²) in [5.41, 5.74) is 11.0.